The van der Waals surface area contributed by atoms with E-state index >= 15 is 0 Å². The zero-order valence-electron chi connectivity index (χ0n) is 9.17. The third-order valence-corrected chi connectivity index (χ3v) is 3.70. The molecule has 6 nitrogen and oxygen atoms in total. The van der Waals surface area contributed by atoms with Crippen molar-refractivity contribution in [3.8, 4) is 0 Å². The summed E-state index contributed by atoms with van der Waals surface area (Å²) in [6.45, 7) is 1.34. The number of sulfonamides is 1. The van der Waals surface area contributed by atoms with Crippen molar-refractivity contribution < 1.29 is 8.42 Å². The standard InChI is InChI=1S/C9H14N4O2S.ClH/c14-16(15,9-11-5-2-6-12-9)13-7-8-3-1-4-10-8;/h2,5-6,8,10,13H,1,3-4,7H2;1H. The predicted octanol–water partition coefficient (Wildman–Crippen LogP) is -0.0713. The molecule has 0 bridgehead atoms. The molecule has 2 N–H and O–H groups in total. The second-order valence-corrected chi connectivity index (χ2v) is 5.34. The molecule has 1 aliphatic heterocycles. The van der Waals surface area contributed by atoms with E-state index in [1.54, 1.807) is 6.07 Å². The molecular weight excluding hydrogens is 264 g/mol. The van der Waals surface area contributed by atoms with Crippen LogP contribution in [0.25, 0.3) is 0 Å². The molecule has 1 aliphatic rings. The normalized spacial score (nSPS) is 19.9. The van der Waals surface area contributed by atoms with Crippen LogP contribution >= 0.6 is 12.4 Å². The van der Waals surface area contributed by atoms with Gasteiger partial charge in [0.15, 0.2) is 0 Å². The second-order valence-electron chi connectivity index (χ2n) is 3.68. The van der Waals surface area contributed by atoms with Gasteiger partial charge >= 0.3 is 0 Å². The summed E-state index contributed by atoms with van der Waals surface area (Å²) in [6.07, 6.45) is 4.91. The van der Waals surface area contributed by atoms with Gasteiger partial charge in [-0.05, 0) is 25.5 Å². The Balaban J connectivity index is 0.00000144. The summed E-state index contributed by atoms with van der Waals surface area (Å²) in [5.41, 5.74) is 0. The molecule has 1 aromatic rings. The van der Waals surface area contributed by atoms with Gasteiger partial charge in [0.2, 0.25) is 0 Å². The monoisotopic (exact) mass is 278 g/mol. The number of aromatic nitrogens is 2. The van der Waals surface area contributed by atoms with E-state index in [4.69, 9.17) is 0 Å². The number of hydrogen-bond acceptors (Lipinski definition) is 5. The first kappa shape index (κ1) is 14.3. The van der Waals surface area contributed by atoms with E-state index in [0.29, 0.717) is 6.54 Å². The topological polar surface area (TPSA) is 84.0 Å². The Morgan fingerprint density at radius 3 is 2.71 bits per heavy atom. The van der Waals surface area contributed by atoms with Gasteiger partial charge < -0.3 is 5.32 Å². The highest BCUT2D eigenvalue weighted by atomic mass is 35.5. The van der Waals surface area contributed by atoms with Crippen LogP contribution < -0.4 is 10.0 Å². The van der Waals surface area contributed by atoms with Crippen molar-refractivity contribution in [2.45, 2.75) is 24.0 Å². The Morgan fingerprint density at radius 2 is 2.12 bits per heavy atom. The van der Waals surface area contributed by atoms with Crippen molar-refractivity contribution in [2.75, 3.05) is 13.1 Å². The van der Waals surface area contributed by atoms with Crippen LogP contribution in [0.4, 0.5) is 0 Å². The lowest BCUT2D eigenvalue weighted by Gasteiger charge is -2.10. The van der Waals surface area contributed by atoms with E-state index in [-0.39, 0.29) is 23.6 Å². The van der Waals surface area contributed by atoms with Crippen LogP contribution in [-0.4, -0.2) is 37.5 Å². The molecule has 17 heavy (non-hydrogen) atoms. The minimum absolute atomic E-state index is 0. The van der Waals surface area contributed by atoms with Crippen molar-refractivity contribution in [2.24, 2.45) is 0 Å². The molecule has 1 unspecified atom stereocenters. The van der Waals surface area contributed by atoms with Crippen LogP contribution in [0.3, 0.4) is 0 Å². The van der Waals surface area contributed by atoms with Crippen LogP contribution in [0.2, 0.25) is 0 Å². The summed E-state index contributed by atoms with van der Waals surface area (Å²) < 4.78 is 26.0. The summed E-state index contributed by atoms with van der Waals surface area (Å²) in [5, 5.41) is 3.04. The van der Waals surface area contributed by atoms with E-state index in [1.165, 1.54) is 12.4 Å². The number of nitrogens with one attached hydrogen (secondary N) is 2. The van der Waals surface area contributed by atoms with Gasteiger partial charge in [-0.15, -0.1) is 12.4 Å². The molecule has 2 rings (SSSR count). The maximum absolute atomic E-state index is 11.7. The Kier molecular flexibility index (Phi) is 5.26. The van der Waals surface area contributed by atoms with Gasteiger partial charge in [-0.25, -0.2) is 23.1 Å². The van der Waals surface area contributed by atoms with Crippen LogP contribution in [0, 0.1) is 0 Å². The molecule has 0 amide bonds. The summed E-state index contributed by atoms with van der Waals surface area (Å²) in [5.74, 6) is 0. The zero-order chi connectivity index (χ0) is 11.4. The fraction of sp³-hybridized carbons (Fsp3) is 0.556. The van der Waals surface area contributed by atoms with Gasteiger partial charge in [0.05, 0.1) is 0 Å². The maximum atomic E-state index is 11.7. The lowest BCUT2D eigenvalue weighted by Crippen LogP contribution is -2.37. The number of hydrogen-bond donors (Lipinski definition) is 2. The van der Waals surface area contributed by atoms with Crippen LogP contribution in [0.1, 0.15) is 12.8 Å². The van der Waals surface area contributed by atoms with Crippen molar-refractivity contribution >= 4 is 22.4 Å². The minimum atomic E-state index is -3.56. The average molecular weight is 279 g/mol. The third kappa shape index (κ3) is 3.88. The third-order valence-electron chi connectivity index (χ3n) is 2.46. The minimum Gasteiger partial charge on any atom is -0.313 e. The van der Waals surface area contributed by atoms with Gasteiger partial charge in [0.1, 0.15) is 0 Å². The fourth-order valence-electron chi connectivity index (χ4n) is 1.63. The first-order valence-electron chi connectivity index (χ1n) is 5.18. The van der Waals surface area contributed by atoms with Gasteiger partial charge in [-0.2, -0.15) is 0 Å². The van der Waals surface area contributed by atoms with E-state index in [2.05, 4.69) is 20.0 Å². The quantitative estimate of drug-likeness (QED) is 0.753. The van der Waals surface area contributed by atoms with Crippen LogP contribution in [0.15, 0.2) is 23.6 Å². The second kappa shape index (κ2) is 6.25. The molecule has 0 saturated carbocycles. The smallest absolute Gasteiger partial charge is 0.276 e. The average Bonchev–Trinajstić information content (AvgIpc) is 2.81. The predicted molar refractivity (Wildman–Crippen MR) is 65.5 cm³/mol. The summed E-state index contributed by atoms with van der Waals surface area (Å²) in [4.78, 5) is 7.43. The largest absolute Gasteiger partial charge is 0.313 e. The molecular formula is C9H15ClN4O2S. The molecule has 0 radical (unpaired) electrons. The molecule has 1 saturated heterocycles. The first-order valence-corrected chi connectivity index (χ1v) is 6.67. The van der Waals surface area contributed by atoms with E-state index < -0.39 is 10.0 Å². The Labute approximate surface area is 107 Å². The lowest BCUT2D eigenvalue weighted by atomic mass is 10.2. The summed E-state index contributed by atoms with van der Waals surface area (Å²) in [7, 11) is -3.56. The Bertz CT molecular complexity index is 434. The number of nitrogens with zero attached hydrogens (tertiary/aromatic N) is 2. The molecule has 8 heteroatoms. The van der Waals surface area contributed by atoms with E-state index in [1.807, 2.05) is 0 Å². The summed E-state index contributed by atoms with van der Waals surface area (Å²) in [6, 6.07) is 1.80. The number of halogens is 1. The van der Waals surface area contributed by atoms with E-state index in [0.717, 1.165) is 19.4 Å². The van der Waals surface area contributed by atoms with Crippen LogP contribution in [0.5, 0.6) is 0 Å². The molecule has 96 valence electrons. The van der Waals surface area contributed by atoms with Crippen molar-refractivity contribution in [3.63, 3.8) is 0 Å². The molecule has 1 fully saturated rings. The zero-order valence-corrected chi connectivity index (χ0v) is 10.8. The van der Waals surface area contributed by atoms with Crippen molar-refractivity contribution in [3.05, 3.63) is 18.5 Å². The molecule has 2 heterocycles. The van der Waals surface area contributed by atoms with Gasteiger partial charge in [0, 0.05) is 25.0 Å². The van der Waals surface area contributed by atoms with E-state index in [9.17, 15) is 8.42 Å². The molecule has 0 aliphatic carbocycles. The Morgan fingerprint density at radius 1 is 1.41 bits per heavy atom. The highest BCUT2D eigenvalue weighted by molar-refractivity contribution is 7.89. The molecule has 1 aromatic heterocycles. The maximum Gasteiger partial charge on any atom is 0.276 e. The lowest BCUT2D eigenvalue weighted by molar-refractivity contribution is 0.545. The van der Waals surface area contributed by atoms with Gasteiger partial charge in [-0.3, -0.25) is 0 Å². The van der Waals surface area contributed by atoms with Crippen molar-refractivity contribution in [1.82, 2.24) is 20.0 Å². The highest BCUT2D eigenvalue weighted by Crippen LogP contribution is 2.05. The molecule has 0 aromatic carbocycles. The summed E-state index contributed by atoms with van der Waals surface area (Å²) >= 11 is 0. The number of rotatable bonds is 4. The van der Waals surface area contributed by atoms with Crippen LogP contribution in [-0.2, 0) is 10.0 Å². The SMILES string of the molecule is Cl.O=S(=O)(NCC1CCCN1)c1ncccn1. The molecule has 0 spiro atoms. The van der Waals surface area contributed by atoms with Gasteiger partial charge in [-0.1, -0.05) is 0 Å². The Hall–Kier alpha value is -0.760. The molecule has 1 atom stereocenters. The van der Waals surface area contributed by atoms with Gasteiger partial charge in [0.25, 0.3) is 15.2 Å². The highest BCUT2D eigenvalue weighted by Gasteiger charge is 2.20. The first-order chi connectivity index (χ1) is 7.68. The fourth-order valence-corrected chi connectivity index (χ4v) is 2.58. The van der Waals surface area contributed by atoms with Crippen molar-refractivity contribution in [1.29, 1.82) is 0 Å².